The highest BCUT2D eigenvalue weighted by Gasteiger charge is 2.33. The Morgan fingerprint density at radius 2 is 1.59 bits per heavy atom. The summed E-state index contributed by atoms with van der Waals surface area (Å²) in [7, 11) is -4.19. The molecule has 0 bridgehead atoms. The van der Waals surface area contributed by atoms with Crippen LogP contribution < -0.4 is 9.62 Å². The molecule has 10 heteroatoms. The Morgan fingerprint density at radius 3 is 2.22 bits per heavy atom. The van der Waals surface area contributed by atoms with Gasteiger partial charge in [-0.3, -0.25) is 13.9 Å². The fourth-order valence-corrected chi connectivity index (χ4v) is 6.64. The van der Waals surface area contributed by atoms with E-state index in [1.54, 1.807) is 19.1 Å². The number of aryl methyl sites for hydroxylation is 1. The Hall–Kier alpha value is -3.07. The molecule has 3 aromatic carbocycles. The van der Waals surface area contributed by atoms with E-state index in [4.69, 9.17) is 23.2 Å². The summed E-state index contributed by atoms with van der Waals surface area (Å²) in [5, 5.41) is 3.52. The van der Waals surface area contributed by atoms with Gasteiger partial charge in [-0.25, -0.2) is 8.42 Å². The van der Waals surface area contributed by atoms with Crippen LogP contribution in [0.4, 0.5) is 5.69 Å². The molecule has 1 saturated carbocycles. The second-order valence-corrected chi connectivity index (χ2v) is 13.1. The fourth-order valence-electron chi connectivity index (χ4n) is 4.94. The number of nitrogens with one attached hydrogen (secondary N) is 1. The Morgan fingerprint density at radius 1 is 0.927 bits per heavy atom. The Bertz CT molecular complexity index is 1460. The van der Waals surface area contributed by atoms with Crippen LogP contribution in [0.15, 0.2) is 77.7 Å². The van der Waals surface area contributed by atoms with Crippen molar-refractivity contribution in [3.05, 3.63) is 94.0 Å². The number of carbonyl (C=O) groups is 2. The third-order valence-electron chi connectivity index (χ3n) is 7.39. The lowest BCUT2D eigenvalue weighted by Crippen LogP contribution is -2.53. The summed E-state index contributed by atoms with van der Waals surface area (Å²) < 4.78 is 28.9. The lowest BCUT2D eigenvalue weighted by molar-refractivity contribution is -0.139. The summed E-state index contributed by atoms with van der Waals surface area (Å²) in [6.07, 6.45) is 5.08. The largest absolute Gasteiger partial charge is 0.352 e. The average molecular weight is 617 g/mol. The molecule has 0 spiro atoms. The number of hydrogen-bond acceptors (Lipinski definition) is 4. The number of hydrogen-bond donors (Lipinski definition) is 1. The molecule has 0 aromatic heterocycles. The third kappa shape index (κ3) is 7.82. The van der Waals surface area contributed by atoms with Crippen LogP contribution in [0, 0.1) is 6.92 Å². The lowest BCUT2D eigenvalue weighted by Gasteiger charge is -2.33. The molecule has 4 rings (SSSR count). The maximum absolute atomic E-state index is 14.0. The van der Waals surface area contributed by atoms with E-state index in [-0.39, 0.29) is 39.1 Å². The standard InChI is InChI=1S/C31H35Cl2N3O4S/c1-22-13-16-27(17-14-22)41(39,40)36(26-15-18-28(32)29(33)19-26)21-30(37)35(20-24-9-5-3-6-10-24)23(2)31(38)34-25-11-7-4-8-12-25/h3,5-6,9-10,13-19,23,25H,4,7-8,11-12,20-21H2,1-2H3,(H,34,38)/t23-/m0/s1. The predicted octanol–water partition coefficient (Wildman–Crippen LogP) is 6.36. The molecule has 41 heavy (non-hydrogen) atoms. The van der Waals surface area contributed by atoms with Gasteiger partial charge in [-0.05, 0) is 62.6 Å². The first-order valence-electron chi connectivity index (χ1n) is 13.7. The molecular weight excluding hydrogens is 581 g/mol. The topological polar surface area (TPSA) is 86.8 Å². The molecule has 1 N–H and O–H groups in total. The van der Waals surface area contributed by atoms with Crippen LogP contribution in [-0.4, -0.2) is 43.8 Å². The van der Waals surface area contributed by atoms with E-state index in [0.29, 0.717) is 0 Å². The zero-order chi connectivity index (χ0) is 29.6. The monoisotopic (exact) mass is 615 g/mol. The highest BCUT2D eigenvalue weighted by Crippen LogP contribution is 2.31. The van der Waals surface area contributed by atoms with Gasteiger partial charge in [-0.2, -0.15) is 0 Å². The van der Waals surface area contributed by atoms with Crippen LogP contribution in [0.2, 0.25) is 10.0 Å². The van der Waals surface area contributed by atoms with Gasteiger partial charge in [0.25, 0.3) is 10.0 Å². The van der Waals surface area contributed by atoms with E-state index >= 15 is 0 Å². The summed E-state index contributed by atoms with van der Waals surface area (Å²) in [6, 6.07) is 19.4. The molecule has 2 amide bonds. The lowest BCUT2D eigenvalue weighted by atomic mass is 9.95. The quantitative estimate of drug-likeness (QED) is 0.287. The molecular formula is C31H35Cl2N3O4S. The van der Waals surface area contributed by atoms with Gasteiger partial charge in [-0.1, -0.05) is 90.5 Å². The van der Waals surface area contributed by atoms with Gasteiger partial charge in [0.1, 0.15) is 12.6 Å². The molecule has 1 aliphatic carbocycles. The van der Waals surface area contributed by atoms with Crippen molar-refractivity contribution in [3.8, 4) is 0 Å². The molecule has 0 heterocycles. The normalized spacial score (nSPS) is 14.7. The maximum atomic E-state index is 14.0. The molecule has 1 aliphatic rings. The van der Waals surface area contributed by atoms with E-state index in [1.165, 1.54) is 35.2 Å². The average Bonchev–Trinajstić information content (AvgIpc) is 2.97. The second kappa shape index (κ2) is 13.7. The van der Waals surface area contributed by atoms with Crippen molar-refractivity contribution in [2.75, 3.05) is 10.8 Å². The van der Waals surface area contributed by atoms with Crippen molar-refractivity contribution in [1.29, 1.82) is 0 Å². The summed E-state index contributed by atoms with van der Waals surface area (Å²) in [5.74, 6) is -0.787. The van der Waals surface area contributed by atoms with Crippen molar-refractivity contribution < 1.29 is 18.0 Å². The third-order valence-corrected chi connectivity index (χ3v) is 9.92. The van der Waals surface area contributed by atoms with E-state index in [9.17, 15) is 18.0 Å². The first kappa shape index (κ1) is 30.9. The molecule has 0 radical (unpaired) electrons. The minimum atomic E-state index is -4.19. The van der Waals surface area contributed by atoms with Crippen LogP contribution in [0.3, 0.4) is 0 Å². The van der Waals surface area contributed by atoms with Gasteiger partial charge in [0.15, 0.2) is 0 Å². The number of anilines is 1. The van der Waals surface area contributed by atoms with E-state index in [1.807, 2.05) is 37.3 Å². The molecule has 0 saturated heterocycles. The van der Waals surface area contributed by atoms with Crippen molar-refractivity contribution in [2.45, 2.75) is 69.5 Å². The van der Waals surface area contributed by atoms with Gasteiger partial charge in [-0.15, -0.1) is 0 Å². The second-order valence-electron chi connectivity index (χ2n) is 10.4. The molecule has 7 nitrogen and oxygen atoms in total. The summed E-state index contributed by atoms with van der Waals surface area (Å²) in [4.78, 5) is 28.9. The minimum Gasteiger partial charge on any atom is -0.352 e. The van der Waals surface area contributed by atoms with E-state index in [0.717, 1.165) is 47.5 Å². The molecule has 0 aliphatic heterocycles. The first-order valence-corrected chi connectivity index (χ1v) is 15.9. The smallest absolute Gasteiger partial charge is 0.264 e. The predicted molar refractivity (Wildman–Crippen MR) is 164 cm³/mol. The number of rotatable bonds is 10. The highest BCUT2D eigenvalue weighted by molar-refractivity contribution is 7.92. The zero-order valence-corrected chi connectivity index (χ0v) is 25.6. The number of nitrogens with zero attached hydrogens (tertiary/aromatic N) is 2. The van der Waals surface area contributed by atoms with Crippen LogP contribution in [0.25, 0.3) is 0 Å². The molecule has 218 valence electrons. The van der Waals surface area contributed by atoms with E-state index < -0.39 is 28.5 Å². The number of carbonyl (C=O) groups excluding carboxylic acids is 2. The Kier molecular flexibility index (Phi) is 10.3. The fraction of sp³-hybridized carbons (Fsp3) is 0.355. The Labute approximate surface area is 252 Å². The molecule has 1 fully saturated rings. The van der Waals surface area contributed by atoms with Crippen LogP contribution in [0.1, 0.15) is 50.2 Å². The summed E-state index contributed by atoms with van der Waals surface area (Å²) in [6.45, 7) is 3.13. The molecule has 3 aromatic rings. The van der Waals surface area contributed by atoms with Gasteiger partial charge in [0.05, 0.1) is 20.6 Å². The van der Waals surface area contributed by atoms with Gasteiger partial charge in [0.2, 0.25) is 11.8 Å². The molecule has 0 unspecified atom stereocenters. The van der Waals surface area contributed by atoms with Crippen molar-refractivity contribution in [1.82, 2.24) is 10.2 Å². The van der Waals surface area contributed by atoms with Crippen LogP contribution in [0.5, 0.6) is 0 Å². The van der Waals surface area contributed by atoms with Gasteiger partial charge in [0, 0.05) is 12.6 Å². The van der Waals surface area contributed by atoms with Crippen molar-refractivity contribution in [2.24, 2.45) is 0 Å². The zero-order valence-electron chi connectivity index (χ0n) is 23.2. The first-order chi connectivity index (χ1) is 19.6. The van der Waals surface area contributed by atoms with Gasteiger partial charge < -0.3 is 10.2 Å². The van der Waals surface area contributed by atoms with Crippen LogP contribution >= 0.6 is 23.2 Å². The highest BCUT2D eigenvalue weighted by atomic mass is 35.5. The van der Waals surface area contributed by atoms with Crippen LogP contribution in [-0.2, 0) is 26.2 Å². The number of benzene rings is 3. The number of halogens is 2. The summed E-state index contributed by atoms with van der Waals surface area (Å²) in [5.41, 5.74) is 1.90. The number of sulfonamides is 1. The number of amides is 2. The Balaban J connectivity index is 1.68. The van der Waals surface area contributed by atoms with E-state index in [2.05, 4.69) is 5.32 Å². The maximum Gasteiger partial charge on any atom is 0.264 e. The summed E-state index contributed by atoms with van der Waals surface area (Å²) >= 11 is 12.4. The van der Waals surface area contributed by atoms with Gasteiger partial charge >= 0.3 is 0 Å². The SMILES string of the molecule is Cc1ccc(S(=O)(=O)N(CC(=O)N(Cc2ccccc2)[C@@H](C)C(=O)NC2CCCCC2)c2ccc(Cl)c(Cl)c2)cc1. The minimum absolute atomic E-state index is 0.0275. The van der Waals surface area contributed by atoms with Crippen molar-refractivity contribution >= 4 is 50.7 Å². The molecule has 1 atom stereocenters. The van der Waals surface area contributed by atoms with Crippen molar-refractivity contribution in [3.63, 3.8) is 0 Å².